The summed E-state index contributed by atoms with van der Waals surface area (Å²) in [6.07, 6.45) is 86.9. The van der Waals surface area contributed by atoms with Crippen LogP contribution in [-0.4, -0.2) is 96.7 Å². The van der Waals surface area contributed by atoms with E-state index in [2.05, 4.69) is 149 Å². The average Bonchev–Trinajstić information content (AvgIpc) is 0.926. The van der Waals surface area contributed by atoms with Crippen LogP contribution in [0.2, 0.25) is 0 Å². The first-order valence-corrected chi connectivity index (χ1v) is 43.1. The summed E-state index contributed by atoms with van der Waals surface area (Å²) in [4.78, 5) is 73.0. The lowest BCUT2D eigenvalue weighted by molar-refractivity contribution is -0.161. The maximum Gasteiger partial charge on any atom is 0.472 e. The van der Waals surface area contributed by atoms with Gasteiger partial charge in [-0.05, 0) is 154 Å². The van der Waals surface area contributed by atoms with Gasteiger partial charge in [0.15, 0.2) is 12.2 Å². The number of hydrogen-bond acceptors (Lipinski definition) is 15. The van der Waals surface area contributed by atoms with Crippen molar-refractivity contribution in [2.45, 2.75) is 329 Å². The van der Waals surface area contributed by atoms with Gasteiger partial charge in [-0.15, -0.1) is 0 Å². The lowest BCUT2D eigenvalue weighted by Crippen LogP contribution is -2.30. The molecule has 3 N–H and O–H groups in total. The molecule has 594 valence electrons. The first-order chi connectivity index (χ1) is 50.7. The highest BCUT2D eigenvalue weighted by atomic mass is 31.2. The molecule has 0 spiro atoms. The summed E-state index contributed by atoms with van der Waals surface area (Å²) in [6.45, 7) is 4.62. The first-order valence-electron chi connectivity index (χ1n) is 40.1. The number of carbonyl (C=O) groups is 4. The van der Waals surface area contributed by atoms with Crippen molar-refractivity contribution in [3.05, 3.63) is 146 Å². The minimum Gasteiger partial charge on any atom is -0.462 e. The Morgan fingerprint density at radius 1 is 0.279 bits per heavy atom. The summed E-state index contributed by atoms with van der Waals surface area (Å²) >= 11 is 0. The standard InChI is InChI=1S/C85H142O17P2/c1-5-9-13-17-21-25-29-33-37-39-43-46-50-54-58-62-66-70-83(88)96-76-81(102-85(90)72-68-64-60-56-52-48-44-40-38-34-30-26-22-18-14-10-6-2)78-100-104(93,94)98-74-79(86)73-97-103(91,92)99-77-80(101-84(89)71-67-63-59-55-51-47-42-36-32-28-24-20-16-12-8-4)75-95-82(87)69-65-61-57-53-49-45-41-35-31-27-23-19-15-11-7-3/h21-22,25-28,31-38,41-44,46,48,54,56,58,60,79-81,86H,5-20,23-24,29-30,39-40,45,47,49-53,55,57,59,61-78H2,1-4H3,(H,91,92)(H,93,94)/b25-21-,26-22-,31-27-,32-28-,37-33-,38-34-,41-35-,42-36-,46-43-,48-44-,58-54-,60-56-/t79-,80+,81+/m0/s1. The Hall–Kier alpha value is -5.06. The van der Waals surface area contributed by atoms with Gasteiger partial charge in [-0.2, -0.15) is 0 Å². The summed E-state index contributed by atoms with van der Waals surface area (Å²) in [5.41, 5.74) is 0. The quantitative estimate of drug-likeness (QED) is 0.0128. The van der Waals surface area contributed by atoms with Gasteiger partial charge in [0.1, 0.15) is 19.3 Å². The number of phosphoric ester groups is 2. The van der Waals surface area contributed by atoms with Crippen molar-refractivity contribution >= 4 is 39.5 Å². The molecule has 0 bridgehead atoms. The Bertz CT molecular complexity index is 2540. The number of ether oxygens (including phenoxy) is 4. The third-order valence-corrected chi connectivity index (χ3v) is 18.2. The van der Waals surface area contributed by atoms with E-state index in [1.54, 1.807) is 0 Å². The predicted molar refractivity (Wildman–Crippen MR) is 427 cm³/mol. The van der Waals surface area contributed by atoms with E-state index in [-0.39, 0.29) is 25.7 Å². The van der Waals surface area contributed by atoms with Crippen molar-refractivity contribution in [3.63, 3.8) is 0 Å². The molecule has 17 nitrogen and oxygen atoms in total. The number of rotatable bonds is 74. The molecule has 0 aliphatic heterocycles. The smallest absolute Gasteiger partial charge is 0.462 e. The molecule has 0 aromatic carbocycles. The number of aliphatic hydroxyl groups is 1. The maximum absolute atomic E-state index is 13.1. The highest BCUT2D eigenvalue weighted by Crippen LogP contribution is 2.45. The molecule has 0 aromatic heterocycles. The summed E-state index contributed by atoms with van der Waals surface area (Å²) in [5.74, 6) is -2.35. The number of esters is 4. The maximum atomic E-state index is 13.1. The molecular formula is C85H142O17P2. The van der Waals surface area contributed by atoms with E-state index in [1.165, 1.54) is 89.9 Å². The molecule has 0 saturated heterocycles. The SMILES string of the molecule is CCCCC/C=C\C/C=C\C/C=C\C/C=C\CCCC(=O)OC[C@H](COP(=O)(O)OC[C@@H](O)COP(=O)(O)OC[C@@H](COC(=O)CCCCCCC/C=C\C=C/CCCCCC)OC(=O)CCCCCCC/C=C\C=C/CCCCCC)OC(=O)CCC/C=C\C/C=C\C/C=C\C/C=C\CCCCC. The van der Waals surface area contributed by atoms with Gasteiger partial charge in [-0.25, -0.2) is 9.13 Å². The van der Waals surface area contributed by atoms with Crippen LogP contribution in [0.1, 0.15) is 310 Å². The van der Waals surface area contributed by atoms with Crippen molar-refractivity contribution in [1.29, 1.82) is 0 Å². The molecule has 0 heterocycles. The van der Waals surface area contributed by atoms with Gasteiger partial charge in [-0.1, -0.05) is 276 Å². The summed E-state index contributed by atoms with van der Waals surface area (Å²) in [7, 11) is -10.0. The average molecular weight is 1500 g/mol. The van der Waals surface area contributed by atoms with Crippen LogP contribution in [0, 0.1) is 0 Å². The number of allylic oxidation sites excluding steroid dienone is 24. The van der Waals surface area contributed by atoms with Gasteiger partial charge in [0.2, 0.25) is 0 Å². The van der Waals surface area contributed by atoms with Gasteiger partial charge in [0, 0.05) is 25.7 Å². The van der Waals surface area contributed by atoms with Gasteiger partial charge < -0.3 is 33.8 Å². The predicted octanol–water partition coefficient (Wildman–Crippen LogP) is 23.4. The molecule has 0 aromatic rings. The third kappa shape index (κ3) is 75.2. The molecule has 19 heteroatoms. The van der Waals surface area contributed by atoms with Crippen LogP contribution in [0.25, 0.3) is 0 Å². The first kappa shape index (κ1) is 98.9. The molecule has 0 aliphatic rings. The molecule has 104 heavy (non-hydrogen) atoms. The van der Waals surface area contributed by atoms with Crippen LogP contribution < -0.4 is 0 Å². The fourth-order valence-electron chi connectivity index (χ4n) is 10.1. The molecule has 0 fully saturated rings. The van der Waals surface area contributed by atoms with Crippen LogP contribution in [0.4, 0.5) is 0 Å². The van der Waals surface area contributed by atoms with Crippen LogP contribution in [-0.2, 0) is 65.4 Å². The number of aliphatic hydroxyl groups excluding tert-OH is 1. The zero-order valence-corrected chi connectivity index (χ0v) is 66.7. The molecule has 0 amide bonds. The minimum atomic E-state index is -5.01. The second kappa shape index (κ2) is 76.1. The van der Waals surface area contributed by atoms with E-state index in [4.69, 9.17) is 37.0 Å². The summed E-state index contributed by atoms with van der Waals surface area (Å²) in [5, 5.41) is 10.6. The molecule has 0 aliphatic carbocycles. The van der Waals surface area contributed by atoms with E-state index in [1.807, 2.05) is 24.3 Å². The lowest BCUT2D eigenvalue weighted by Gasteiger charge is -2.21. The summed E-state index contributed by atoms with van der Waals surface area (Å²) in [6, 6.07) is 0. The molecular weight excluding hydrogens is 1350 g/mol. The van der Waals surface area contributed by atoms with Gasteiger partial charge >= 0.3 is 39.5 Å². The Balaban J connectivity index is 5.50. The van der Waals surface area contributed by atoms with Crippen molar-refractivity contribution < 1.29 is 80.2 Å². The fraction of sp³-hybridized carbons (Fsp3) is 0.671. The molecule has 0 rings (SSSR count). The van der Waals surface area contributed by atoms with E-state index >= 15 is 0 Å². The number of unbranched alkanes of at least 4 members (excludes halogenated alkanes) is 26. The molecule has 5 atom stereocenters. The van der Waals surface area contributed by atoms with E-state index < -0.39 is 97.5 Å². The molecule has 0 saturated carbocycles. The zero-order chi connectivity index (χ0) is 76.0. The minimum absolute atomic E-state index is 0.00271. The lowest BCUT2D eigenvalue weighted by atomic mass is 10.1. The van der Waals surface area contributed by atoms with Crippen molar-refractivity contribution in [3.8, 4) is 0 Å². The van der Waals surface area contributed by atoms with Crippen molar-refractivity contribution in [2.75, 3.05) is 39.6 Å². The number of hydrogen-bond donors (Lipinski definition) is 3. The van der Waals surface area contributed by atoms with E-state index in [0.717, 1.165) is 128 Å². The Morgan fingerprint density at radius 2 is 0.510 bits per heavy atom. The monoisotopic (exact) mass is 1500 g/mol. The normalized spacial score (nSPS) is 14.6. The van der Waals surface area contributed by atoms with Crippen LogP contribution >= 0.6 is 15.6 Å². The highest BCUT2D eigenvalue weighted by molar-refractivity contribution is 7.47. The second-order valence-electron chi connectivity index (χ2n) is 26.3. The van der Waals surface area contributed by atoms with Gasteiger partial charge in [0.05, 0.1) is 26.4 Å². The number of carbonyl (C=O) groups excluding carboxylic acids is 4. The van der Waals surface area contributed by atoms with Crippen LogP contribution in [0.5, 0.6) is 0 Å². The Kier molecular flexibility index (Phi) is 72.4. The highest BCUT2D eigenvalue weighted by Gasteiger charge is 2.30. The van der Waals surface area contributed by atoms with Crippen molar-refractivity contribution in [2.24, 2.45) is 0 Å². The third-order valence-electron chi connectivity index (χ3n) is 16.3. The van der Waals surface area contributed by atoms with E-state index in [0.29, 0.717) is 38.5 Å². The molecule has 0 radical (unpaired) electrons. The Labute approximate surface area is 630 Å². The number of phosphoric acid groups is 2. The fourth-order valence-corrected chi connectivity index (χ4v) is 11.7. The van der Waals surface area contributed by atoms with Crippen molar-refractivity contribution in [1.82, 2.24) is 0 Å². The topological polar surface area (TPSA) is 237 Å². The molecule has 2 unspecified atom stereocenters. The Morgan fingerprint density at radius 3 is 0.846 bits per heavy atom. The van der Waals surface area contributed by atoms with Gasteiger partial charge in [0.25, 0.3) is 0 Å². The van der Waals surface area contributed by atoms with Crippen LogP contribution in [0.3, 0.4) is 0 Å². The zero-order valence-electron chi connectivity index (χ0n) is 64.9. The van der Waals surface area contributed by atoms with Gasteiger partial charge in [-0.3, -0.25) is 37.3 Å². The summed E-state index contributed by atoms with van der Waals surface area (Å²) < 4.78 is 68.5. The van der Waals surface area contributed by atoms with E-state index in [9.17, 15) is 43.2 Å². The largest absolute Gasteiger partial charge is 0.472 e. The second-order valence-corrected chi connectivity index (χ2v) is 29.3. The van der Waals surface area contributed by atoms with Crippen LogP contribution in [0.15, 0.2) is 146 Å².